The smallest absolute Gasteiger partial charge is 0.253 e. The highest BCUT2D eigenvalue weighted by Gasteiger charge is 2.29. The number of likely N-dealkylation sites (tertiary alicyclic amines) is 1. The number of hydrogen-bond donors (Lipinski definition) is 1. The average Bonchev–Trinajstić information content (AvgIpc) is 3.24. The van der Waals surface area contributed by atoms with Crippen LogP contribution in [-0.4, -0.2) is 45.2 Å². The van der Waals surface area contributed by atoms with E-state index in [2.05, 4.69) is 32.2 Å². The second-order valence-electron chi connectivity index (χ2n) is 8.83. The molecular formula is C23H32ClN5O. The van der Waals surface area contributed by atoms with E-state index in [1.165, 1.54) is 37.7 Å². The molecule has 1 saturated heterocycles. The summed E-state index contributed by atoms with van der Waals surface area (Å²) in [5.74, 6) is 3.43. The van der Waals surface area contributed by atoms with Crippen LogP contribution in [0.4, 0.5) is 0 Å². The number of carbonyl (C=O) groups excluding carboxylic acids is 1. The summed E-state index contributed by atoms with van der Waals surface area (Å²) in [5, 5.41) is 12.2. The lowest BCUT2D eigenvalue weighted by Gasteiger charge is -2.32. The molecule has 0 radical (unpaired) electrons. The second-order valence-corrected chi connectivity index (χ2v) is 8.83. The van der Waals surface area contributed by atoms with Crippen LogP contribution in [0.15, 0.2) is 24.3 Å². The number of hydrogen-bond acceptors (Lipinski definition) is 4. The highest BCUT2D eigenvalue weighted by molar-refractivity contribution is 5.94. The predicted octanol–water partition coefficient (Wildman–Crippen LogP) is 3.87. The molecule has 1 aliphatic carbocycles. The van der Waals surface area contributed by atoms with Crippen molar-refractivity contribution >= 4 is 18.3 Å². The molecule has 30 heavy (non-hydrogen) atoms. The van der Waals surface area contributed by atoms with Crippen molar-refractivity contribution in [1.29, 1.82) is 0 Å². The fourth-order valence-corrected chi connectivity index (χ4v) is 5.27. The molecule has 0 unspecified atom stereocenters. The summed E-state index contributed by atoms with van der Waals surface area (Å²) in [6, 6.07) is 8.46. The monoisotopic (exact) mass is 429 g/mol. The van der Waals surface area contributed by atoms with Gasteiger partial charge >= 0.3 is 0 Å². The summed E-state index contributed by atoms with van der Waals surface area (Å²) in [6.45, 7) is 4.33. The Morgan fingerprint density at radius 2 is 1.63 bits per heavy atom. The van der Waals surface area contributed by atoms with Crippen molar-refractivity contribution in [3.63, 3.8) is 0 Å². The first-order valence-electron chi connectivity index (χ1n) is 11.3. The van der Waals surface area contributed by atoms with Crippen LogP contribution in [0, 0.1) is 0 Å². The van der Waals surface area contributed by atoms with Crippen molar-refractivity contribution < 1.29 is 4.79 Å². The minimum Gasteiger partial charge on any atom is -0.339 e. The van der Waals surface area contributed by atoms with Gasteiger partial charge in [0.25, 0.3) is 5.91 Å². The molecular weight excluding hydrogens is 398 g/mol. The van der Waals surface area contributed by atoms with Gasteiger partial charge in [-0.15, -0.1) is 22.6 Å². The number of aromatic nitrogens is 3. The fraction of sp³-hybridized carbons (Fsp3) is 0.609. The van der Waals surface area contributed by atoms with Gasteiger partial charge in [0.15, 0.2) is 0 Å². The van der Waals surface area contributed by atoms with E-state index < -0.39 is 0 Å². The fourth-order valence-electron chi connectivity index (χ4n) is 5.27. The SMILES string of the molecule is Cl.O=C(c1ccc(C2CCCCC2)cc1)N1CCC(c2nnc3n2CCNC3)CC1. The zero-order chi connectivity index (χ0) is 19.6. The summed E-state index contributed by atoms with van der Waals surface area (Å²) in [6.07, 6.45) is 8.58. The highest BCUT2D eigenvalue weighted by Crippen LogP contribution is 2.33. The van der Waals surface area contributed by atoms with Gasteiger partial charge in [-0.05, 0) is 49.3 Å². The summed E-state index contributed by atoms with van der Waals surface area (Å²) < 4.78 is 2.28. The molecule has 2 aromatic rings. The first kappa shape index (κ1) is 21.3. The summed E-state index contributed by atoms with van der Waals surface area (Å²) in [4.78, 5) is 15.0. The summed E-state index contributed by atoms with van der Waals surface area (Å²) in [7, 11) is 0. The lowest BCUT2D eigenvalue weighted by molar-refractivity contribution is 0.0710. The Kier molecular flexibility index (Phi) is 6.74. The Morgan fingerprint density at radius 3 is 2.37 bits per heavy atom. The molecule has 0 atom stereocenters. The zero-order valence-electron chi connectivity index (χ0n) is 17.6. The number of carbonyl (C=O) groups is 1. The van der Waals surface area contributed by atoms with Crippen LogP contribution in [0.2, 0.25) is 0 Å². The van der Waals surface area contributed by atoms with Crippen LogP contribution in [0.5, 0.6) is 0 Å². The van der Waals surface area contributed by atoms with E-state index in [1.807, 2.05) is 17.0 Å². The van der Waals surface area contributed by atoms with Crippen LogP contribution in [0.1, 0.15) is 84.4 Å². The number of piperidine rings is 1. The lowest BCUT2D eigenvalue weighted by Crippen LogP contribution is -2.39. The molecule has 3 aliphatic rings. The van der Waals surface area contributed by atoms with Crippen LogP contribution in [0.3, 0.4) is 0 Å². The second kappa shape index (κ2) is 9.48. The molecule has 6 nitrogen and oxygen atoms in total. The molecule has 0 spiro atoms. The van der Waals surface area contributed by atoms with E-state index in [4.69, 9.17) is 0 Å². The zero-order valence-corrected chi connectivity index (χ0v) is 18.4. The molecule has 0 bridgehead atoms. The van der Waals surface area contributed by atoms with Crippen molar-refractivity contribution in [3.8, 4) is 0 Å². The largest absolute Gasteiger partial charge is 0.339 e. The number of benzene rings is 1. The Balaban J connectivity index is 0.00000218. The third-order valence-electron chi connectivity index (χ3n) is 7.03. The number of nitrogens with one attached hydrogen (secondary N) is 1. The Hall–Kier alpha value is -1.92. The molecule has 1 N–H and O–H groups in total. The number of nitrogens with zero attached hydrogens (tertiary/aromatic N) is 4. The average molecular weight is 430 g/mol. The van der Waals surface area contributed by atoms with Crippen LogP contribution < -0.4 is 5.32 Å². The predicted molar refractivity (Wildman–Crippen MR) is 119 cm³/mol. The summed E-state index contributed by atoms with van der Waals surface area (Å²) >= 11 is 0. The standard InChI is InChI=1S/C23H31N5O.ClH/c29-23(20-8-6-18(7-9-20)17-4-2-1-3-5-17)27-13-10-19(11-14-27)22-26-25-21-16-24-12-15-28(21)22;/h6-9,17,19,24H,1-5,10-16H2;1H. The summed E-state index contributed by atoms with van der Waals surface area (Å²) in [5.41, 5.74) is 2.24. The third kappa shape index (κ3) is 4.26. The molecule has 1 aromatic carbocycles. The first-order chi connectivity index (χ1) is 14.3. The molecule has 1 amide bonds. The van der Waals surface area contributed by atoms with Crippen molar-refractivity contribution in [1.82, 2.24) is 25.0 Å². The van der Waals surface area contributed by atoms with Crippen LogP contribution in [0.25, 0.3) is 0 Å². The number of fused-ring (bicyclic) bond motifs is 1. The molecule has 5 rings (SSSR count). The normalized spacial score (nSPS) is 20.5. The van der Waals surface area contributed by atoms with Gasteiger partial charge in [-0.3, -0.25) is 4.79 Å². The molecule has 162 valence electrons. The van der Waals surface area contributed by atoms with Crippen molar-refractivity contribution in [2.75, 3.05) is 19.6 Å². The Bertz CT molecular complexity index is 851. The Morgan fingerprint density at radius 1 is 0.900 bits per heavy atom. The number of rotatable bonds is 3. The van der Waals surface area contributed by atoms with E-state index in [1.54, 1.807) is 0 Å². The minimum absolute atomic E-state index is 0. The maximum Gasteiger partial charge on any atom is 0.253 e. The Labute approximate surface area is 184 Å². The topological polar surface area (TPSA) is 63.1 Å². The molecule has 3 heterocycles. The number of halogens is 1. The molecule has 1 aromatic heterocycles. The molecule has 2 fully saturated rings. The first-order valence-corrected chi connectivity index (χ1v) is 11.3. The maximum atomic E-state index is 13.0. The maximum absolute atomic E-state index is 13.0. The van der Waals surface area contributed by atoms with Gasteiger partial charge in [-0.2, -0.15) is 0 Å². The van der Waals surface area contributed by atoms with Gasteiger partial charge in [-0.25, -0.2) is 0 Å². The number of amides is 1. The molecule has 2 aliphatic heterocycles. The quantitative estimate of drug-likeness (QED) is 0.804. The van der Waals surface area contributed by atoms with E-state index in [0.29, 0.717) is 11.8 Å². The molecule has 1 saturated carbocycles. The van der Waals surface area contributed by atoms with E-state index in [0.717, 1.165) is 62.8 Å². The van der Waals surface area contributed by atoms with E-state index in [-0.39, 0.29) is 18.3 Å². The van der Waals surface area contributed by atoms with Gasteiger partial charge in [0.05, 0.1) is 6.54 Å². The van der Waals surface area contributed by atoms with E-state index in [9.17, 15) is 4.79 Å². The van der Waals surface area contributed by atoms with Crippen LogP contribution >= 0.6 is 12.4 Å². The van der Waals surface area contributed by atoms with Crippen molar-refractivity contribution in [2.24, 2.45) is 0 Å². The van der Waals surface area contributed by atoms with Gasteiger partial charge < -0.3 is 14.8 Å². The highest BCUT2D eigenvalue weighted by atomic mass is 35.5. The van der Waals surface area contributed by atoms with Gasteiger partial charge in [0.1, 0.15) is 11.6 Å². The van der Waals surface area contributed by atoms with Gasteiger partial charge in [0, 0.05) is 37.7 Å². The van der Waals surface area contributed by atoms with Crippen LogP contribution in [-0.2, 0) is 13.1 Å². The van der Waals surface area contributed by atoms with Gasteiger partial charge in [-0.1, -0.05) is 31.4 Å². The molecule has 7 heteroatoms. The van der Waals surface area contributed by atoms with Crippen molar-refractivity contribution in [2.45, 2.75) is 69.9 Å². The van der Waals surface area contributed by atoms with E-state index >= 15 is 0 Å². The van der Waals surface area contributed by atoms with Crippen molar-refractivity contribution in [3.05, 3.63) is 47.0 Å². The third-order valence-corrected chi connectivity index (χ3v) is 7.03. The minimum atomic E-state index is 0. The lowest BCUT2D eigenvalue weighted by atomic mass is 9.84. The van der Waals surface area contributed by atoms with Gasteiger partial charge in [0.2, 0.25) is 0 Å².